The van der Waals surface area contributed by atoms with Crippen LogP contribution in [-0.2, 0) is 6.42 Å². The quantitative estimate of drug-likeness (QED) is 0.748. The molecule has 0 unspecified atom stereocenters. The lowest BCUT2D eigenvalue weighted by atomic mass is 10.1. The van der Waals surface area contributed by atoms with Gasteiger partial charge in [-0.3, -0.25) is 4.98 Å². The molecule has 0 fully saturated rings. The van der Waals surface area contributed by atoms with Crippen molar-refractivity contribution in [2.24, 2.45) is 0 Å². The molecule has 0 aliphatic carbocycles. The van der Waals surface area contributed by atoms with Crippen molar-refractivity contribution in [2.45, 2.75) is 6.42 Å². The van der Waals surface area contributed by atoms with Gasteiger partial charge in [0, 0.05) is 23.5 Å². The van der Waals surface area contributed by atoms with Crippen LogP contribution in [0.3, 0.4) is 0 Å². The van der Waals surface area contributed by atoms with Crippen LogP contribution in [0.2, 0.25) is 15.1 Å². The van der Waals surface area contributed by atoms with Crippen LogP contribution in [0.5, 0.6) is 0 Å². The smallest absolute Gasteiger partial charge is 0.0784 e. The number of pyridine rings is 1. The summed E-state index contributed by atoms with van der Waals surface area (Å²) in [6.45, 7) is 0. The second-order valence-corrected chi connectivity index (χ2v) is 4.80. The highest BCUT2D eigenvalue weighted by Gasteiger charge is 2.11. The van der Waals surface area contributed by atoms with E-state index in [1.54, 1.807) is 24.5 Å². The third kappa shape index (κ3) is 2.59. The fourth-order valence-electron chi connectivity index (χ4n) is 1.57. The molecule has 0 radical (unpaired) electrons. The van der Waals surface area contributed by atoms with Crippen molar-refractivity contribution < 1.29 is 0 Å². The SMILES string of the molecule is N#CCc1cncc(-c2ccc(Cl)c(Cl)c2Cl)c1. The van der Waals surface area contributed by atoms with Crippen LogP contribution < -0.4 is 0 Å². The third-order valence-electron chi connectivity index (χ3n) is 2.42. The Balaban J connectivity index is 2.53. The van der Waals surface area contributed by atoms with Gasteiger partial charge in [-0.05, 0) is 17.7 Å². The van der Waals surface area contributed by atoms with Gasteiger partial charge in [0.1, 0.15) is 0 Å². The van der Waals surface area contributed by atoms with Gasteiger partial charge in [-0.25, -0.2) is 0 Å². The second-order valence-electron chi connectivity index (χ2n) is 3.64. The van der Waals surface area contributed by atoms with Gasteiger partial charge in [-0.15, -0.1) is 0 Å². The van der Waals surface area contributed by atoms with Crippen LogP contribution in [-0.4, -0.2) is 4.98 Å². The molecule has 1 aromatic carbocycles. The molecule has 2 aromatic rings. The summed E-state index contributed by atoms with van der Waals surface area (Å²) in [5, 5.41) is 9.79. The van der Waals surface area contributed by atoms with Gasteiger partial charge in [0.15, 0.2) is 0 Å². The lowest BCUT2D eigenvalue weighted by Gasteiger charge is -2.08. The molecule has 1 aromatic heterocycles. The zero-order valence-electron chi connectivity index (χ0n) is 9.12. The summed E-state index contributed by atoms with van der Waals surface area (Å²) in [4.78, 5) is 4.09. The molecule has 0 saturated carbocycles. The first-order chi connectivity index (χ1) is 8.63. The van der Waals surface area contributed by atoms with Gasteiger partial charge in [0.25, 0.3) is 0 Å². The topological polar surface area (TPSA) is 36.7 Å². The van der Waals surface area contributed by atoms with Gasteiger partial charge in [-0.2, -0.15) is 5.26 Å². The second kappa shape index (κ2) is 5.58. The fraction of sp³-hybridized carbons (Fsp3) is 0.0769. The van der Waals surface area contributed by atoms with Crippen molar-refractivity contribution in [2.75, 3.05) is 0 Å². The molecule has 0 N–H and O–H groups in total. The van der Waals surface area contributed by atoms with Crippen LogP contribution in [0.1, 0.15) is 5.56 Å². The van der Waals surface area contributed by atoms with E-state index >= 15 is 0 Å². The van der Waals surface area contributed by atoms with E-state index in [-0.39, 0.29) is 0 Å². The molecule has 0 spiro atoms. The molecule has 2 nitrogen and oxygen atoms in total. The maximum atomic E-state index is 8.67. The molecule has 5 heteroatoms. The van der Waals surface area contributed by atoms with E-state index in [1.165, 1.54) is 0 Å². The number of halogens is 3. The molecule has 0 amide bonds. The number of nitriles is 1. The number of hydrogen-bond acceptors (Lipinski definition) is 2. The Morgan fingerprint density at radius 3 is 2.61 bits per heavy atom. The van der Waals surface area contributed by atoms with Gasteiger partial charge in [-0.1, -0.05) is 40.9 Å². The minimum atomic E-state index is 0.305. The zero-order chi connectivity index (χ0) is 13.1. The number of benzene rings is 1. The molecule has 0 aliphatic heterocycles. The van der Waals surface area contributed by atoms with Gasteiger partial charge in [0.2, 0.25) is 0 Å². The van der Waals surface area contributed by atoms with E-state index in [4.69, 9.17) is 40.1 Å². The summed E-state index contributed by atoms with van der Waals surface area (Å²) in [7, 11) is 0. The van der Waals surface area contributed by atoms with Crippen molar-refractivity contribution >= 4 is 34.8 Å². The van der Waals surface area contributed by atoms with E-state index in [1.807, 2.05) is 6.07 Å². The van der Waals surface area contributed by atoms with Crippen LogP contribution in [0.4, 0.5) is 0 Å². The van der Waals surface area contributed by atoms with Gasteiger partial charge >= 0.3 is 0 Å². The zero-order valence-corrected chi connectivity index (χ0v) is 11.4. The summed E-state index contributed by atoms with van der Waals surface area (Å²) in [5.74, 6) is 0. The molecule has 1 heterocycles. The van der Waals surface area contributed by atoms with Crippen molar-refractivity contribution in [3.05, 3.63) is 51.2 Å². The van der Waals surface area contributed by atoms with Crippen molar-refractivity contribution in [1.29, 1.82) is 5.26 Å². The Labute approximate surface area is 120 Å². The standard InChI is InChI=1S/C13H7Cl3N2/c14-11-2-1-10(12(15)13(11)16)9-5-8(3-4-17)6-18-7-9/h1-2,5-7H,3H2. The van der Waals surface area contributed by atoms with Gasteiger partial charge < -0.3 is 0 Å². The molecule has 18 heavy (non-hydrogen) atoms. The van der Waals surface area contributed by atoms with E-state index < -0.39 is 0 Å². The summed E-state index contributed by atoms with van der Waals surface area (Å²) >= 11 is 18.0. The average Bonchev–Trinajstić information content (AvgIpc) is 2.37. The summed E-state index contributed by atoms with van der Waals surface area (Å²) in [5.41, 5.74) is 2.39. The van der Waals surface area contributed by atoms with Crippen molar-refractivity contribution in [1.82, 2.24) is 4.98 Å². The van der Waals surface area contributed by atoms with Gasteiger partial charge in [0.05, 0.1) is 27.6 Å². The lowest BCUT2D eigenvalue weighted by molar-refractivity contribution is 1.19. The first kappa shape index (κ1) is 13.2. The number of nitrogens with zero attached hydrogens (tertiary/aromatic N) is 2. The number of rotatable bonds is 2. The number of hydrogen-bond donors (Lipinski definition) is 0. The maximum absolute atomic E-state index is 8.67. The first-order valence-electron chi connectivity index (χ1n) is 5.08. The molecule has 0 aliphatic rings. The normalized spacial score (nSPS) is 10.1. The van der Waals surface area contributed by atoms with Crippen LogP contribution >= 0.6 is 34.8 Å². The van der Waals surface area contributed by atoms with E-state index in [2.05, 4.69) is 11.1 Å². The van der Waals surface area contributed by atoms with Crippen molar-refractivity contribution in [3.63, 3.8) is 0 Å². The van der Waals surface area contributed by atoms with Crippen LogP contribution in [0.15, 0.2) is 30.6 Å². The van der Waals surface area contributed by atoms with Crippen molar-refractivity contribution in [3.8, 4) is 17.2 Å². The van der Waals surface area contributed by atoms with Crippen LogP contribution in [0.25, 0.3) is 11.1 Å². The molecule has 90 valence electrons. The minimum Gasteiger partial charge on any atom is -0.264 e. The summed E-state index contributed by atoms with van der Waals surface area (Å²) < 4.78 is 0. The summed E-state index contributed by atoms with van der Waals surface area (Å²) in [6, 6.07) is 7.40. The molecular formula is C13H7Cl3N2. The minimum absolute atomic E-state index is 0.305. The fourth-order valence-corrected chi connectivity index (χ4v) is 2.22. The third-order valence-corrected chi connectivity index (χ3v) is 3.72. The lowest BCUT2D eigenvalue weighted by Crippen LogP contribution is -1.88. The highest BCUT2D eigenvalue weighted by Crippen LogP contribution is 2.37. The Bertz CT molecular complexity index is 633. The van der Waals surface area contributed by atoms with Crippen LogP contribution in [0, 0.1) is 11.3 Å². The predicted molar refractivity (Wildman–Crippen MR) is 74.0 cm³/mol. The first-order valence-corrected chi connectivity index (χ1v) is 6.21. The predicted octanol–water partition coefficient (Wildman–Crippen LogP) is 4.77. The Morgan fingerprint density at radius 2 is 1.89 bits per heavy atom. The Hall–Kier alpha value is -1.27. The van der Waals surface area contributed by atoms with E-state index in [9.17, 15) is 0 Å². The summed E-state index contributed by atoms with van der Waals surface area (Å²) in [6.07, 6.45) is 3.63. The monoisotopic (exact) mass is 296 g/mol. The highest BCUT2D eigenvalue weighted by molar-refractivity contribution is 6.49. The average molecular weight is 298 g/mol. The van der Waals surface area contributed by atoms with E-state index in [0.29, 0.717) is 21.5 Å². The van der Waals surface area contributed by atoms with E-state index in [0.717, 1.165) is 16.7 Å². The molecule has 0 atom stereocenters. The largest absolute Gasteiger partial charge is 0.264 e. The number of aromatic nitrogens is 1. The molecule has 0 saturated heterocycles. The Morgan fingerprint density at radius 1 is 1.11 bits per heavy atom. The molecule has 2 rings (SSSR count). The molecule has 0 bridgehead atoms. The maximum Gasteiger partial charge on any atom is 0.0784 e. The molecular weight excluding hydrogens is 291 g/mol. The highest BCUT2D eigenvalue weighted by atomic mass is 35.5. The Kier molecular flexibility index (Phi) is 4.08.